The lowest BCUT2D eigenvalue weighted by atomic mass is 10.1. The minimum Gasteiger partial charge on any atom is -0.488 e. The van der Waals surface area contributed by atoms with Crippen molar-refractivity contribution in [1.29, 1.82) is 0 Å². The molecule has 0 aliphatic carbocycles. The highest BCUT2D eigenvalue weighted by Gasteiger charge is 2.08. The van der Waals surface area contributed by atoms with E-state index in [2.05, 4.69) is 21.1 Å². The van der Waals surface area contributed by atoms with E-state index in [1.807, 2.05) is 42.5 Å². The van der Waals surface area contributed by atoms with E-state index >= 15 is 0 Å². The average molecular weight is 425 g/mol. The van der Waals surface area contributed by atoms with Crippen molar-refractivity contribution in [3.63, 3.8) is 0 Å². The van der Waals surface area contributed by atoms with E-state index in [4.69, 9.17) is 15.3 Å². The van der Waals surface area contributed by atoms with Crippen molar-refractivity contribution in [2.45, 2.75) is 6.61 Å². The van der Waals surface area contributed by atoms with Crippen LogP contribution in [0.5, 0.6) is 5.75 Å². The molecule has 0 aliphatic heterocycles. The SMILES string of the molecule is N/C(=N\OC(=O)c1ccc(COc2ccccc2Br)cc1)c1ccccc1. The maximum Gasteiger partial charge on any atom is 0.365 e. The van der Waals surface area contributed by atoms with Crippen LogP contribution in [0.15, 0.2) is 88.5 Å². The van der Waals surface area contributed by atoms with E-state index in [1.54, 1.807) is 36.4 Å². The lowest BCUT2D eigenvalue weighted by Gasteiger charge is -2.08. The number of nitrogens with two attached hydrogens (primary N) is 1. The Labute approximate surface area is 165 Å². The molecule has 2 N–H and O–H groups in total. The van der Waals surface area contributed by atoms with Gasteiger partial charge in [-0.2, -0.15) is 0 Å². The Balaban J connectivity index is 1.58. The third-order valence-corrected chi connectivity index (χ3v) is 4.37. The van der Waals surface area contributed by atoms with Gasteiger partial charge in [0.1, 0.15) is 12.4 Å². The van der Waals surface area contributed by atoms with Gasteiger partial charge < -0.3 is 15.3 Å². The summed E-state index contributed by atoms with van der Waals surface area (Å²) in [6.45, 7) is 0.386. The van der Waals surface area contributed by atoms with Gasteiger partial charge in [-0.15, -0.1) is 0 Å². The van der Waals surface area contributed by atoms with Crippen LogP contribution in [0, 0.1) is 0 Å². The van der Waals surface area contributed by atoms with E-state index in [0.717, 1.165) is 15.8 Å². The van der Waals surface area contributed by atoms with Gasteiger partial charge in [-0.1, -0.05) is 59.8 Å². The molecule has 0 saturated heterocycles. The van der Waals surface area contributed by atoms with E-state index in [0.29, 0.717) is 17.7 Å². The highest BCUT2D eigenvalue weighted by atomic mass is 79.9. The summed E-state index contributed by atoms with van der Waals surface area (Å²) in [4.78, 5) is 17.0. The normalized spacial score (nSPS) is 11.1. The van der Waals surface area contributed by atoms with Crippen molar-refractivity contribution < 1.29 is 14.4 Å². The summed E-state index contributed by atoms with van der Waals surface area (Å²) in [5.41, 5.74) is 7.79. The van der Waals surface area contributed by atoms with Crippen molar-refractivity contribution in [3.8, 4) is 5.75 Å². The van der Waals surface area contributed by atoms with Gasteiger partial charge >= 0.3 is 5.97 Å². The van der Waals surface area contributed by atoms with Gasteiger partial charge in [0.25, 0.3) is 0 Å². The van der Waals surface area contributed by atoms with Crippen LogP contribution in [-0.4, -0.2) is 11.8 Å². The number of nitrogens with zero attached hydrogens (tertiary/aromatic N) is 1. The zero-order valence-electron chi connectivity index (χ0n) is 14.3. The van der Waals surface area contributed by atoms with E-state index in [1.165, 1.54) is 0 Å². The third-order valence-electron chi connectivity index (χ3n) is 3.72. The number of carbonyl (C=O) groups excluding carboxylic acids is 1. The molecule has 0 aromatic heterocycles. The van der Waals surface area contributed by atoms with Crippen LogP contribution in [0.4, 0.5) is 0 Å². The fraction of sp³-hybridized carbons (Fsp3) is 0.0476. The quantitative estimate of drug-likeness (QED) is 0.273. The van der Waals surface area contributed by atoms with Crippen molar-refractivity contribution in [3.05, 3.63) is 100 Å². The molecule has 5 nitrogen and oxygen atoms in total. The maximum atomic E-state index is 12.1. The molecule has 3 aromatic carbocycles. The van der Waals surface area contributed by atoms with Gasteiger partial charge in [-0.25, -0.2) is 4.79 Å². The van der Waals surface area contributed by atoms with Crippen molar-refractivity contribution in [2.75, 3.05) is 0 Å². The van der Waals surface area contributed by atoms with Gasteiger partial charge in [0.05, 0.1) is 10.0 Å². The van der Waals surface area contributed by atoms with Gasteiger partial charge in [0.2, 0.25) is 0 Å². The topological polar surface area (TPSA) is 73.9 Å². The minimum absolute atomic E-state index is 0.141. The Morgan fingerprint density at radius 2 is 1.56 bits per heavy atom. The molecule has 0 radical (unpaired) electrons. The molecule has 0 saturated carbocycles. The first-order valence-electron chi connectivity index (χ1n) is 8.20. The number of amidine groups is 1. The number of oxime groups is 1. The summed E-state index contributed by atoms with van der Waals surface area (Å²) in [7, 11) is 0. The van der Waals surface area contributed by atoms with Crippen molar-refractivity contribution >= 4 is 27.7 Å². The molecule has 0 bridgehead atoms. The summed E-state index contributed by atoms with van der Waals surface area (Å²) >= 11 is 3.44. The predicted octanol–water partition coefficient (Wildman–Crippen LogP) is 4.51. The molecule has 3 aromatic rings. The largest absolute Gasteiger partial charge is 0.488 e. The van der Waals surface area contributed by atoms with E-state index < -0.39 is 5.97 Å². The summed E-state index contributed by atoms with van der Waals surface area (Å²) in [6, 6.07) is 23.6. The second-order valence-corrected chi connectivity index (χ2v) is 6.49. The first-order chi connectivity index (χ1) is 13.1. The van der Waals surface area contributed by atoms with Crippen LogP contribution in [-0.2, 0) is 11.4 Å². The minimum atomic E-state index is -0.577. The first-order valence-corrected chi connectivity index (χ1v) is 8.99. The Bertz CT molecular complexity index is 941. The third kappa shape index (κ3) is 5.18. The number of rotatable bonds is 6. The van der Waals surface area contributed by atoms with Gasteiger partial charge in [0, 0.05) is 5.56 Å². The molecule has 0 fully saturated rings. The fourth-order valence-electron chi connectivity index (χ4n) is 2.26. The lowest BCUT2D eigenvalue weighted by molar-refractivity contribution is 0.0516. The molecule has 0 atom stereocenters. The van der Waals surface area contributed by atoms with Crippen LogP contribution >= 0.6 is 15.9 Å². The zero-order chi connectivity index (χ0) is 19.1. The molecule has 0 aliphatic rings. The molecular formula is C21H17BrN2O3. The van der Waals surface area contributed by atoms with Crippen LogP contribution in [0.2, 0.25) is 0 Å². The zero-order valence-corrected chi connectivity index (χ0v) is 15.9. The molecule has 0 heterocycles. The van der Waals surface area contributed by atoms with E-state index in [-0.39, 0.29) is 5.84 Å². The Hall–Kier alpha value is -3.12. The standard InChI is InChI=1S/C21H17BrN2O3/c22-18-8-4-5-9-19(18)26-14-15-10-12-17(13-11-15)21(25)27-24-20(23)16-6-2-1-3-7-16/h1-13H,14H2,(H2,23,24). The number of carbonyl (C=O) groups is 1. The van der Waals surface area contributed by atoms with Gasteiger partial charge in [0.15, 0.2) is 5.84 Å². The number of para-hydroxylation sites is 1. The summed E-state index contributed by atoms with van der Waals surface area (Å²) in [6.07, 6.45) is 0. The Morgan fingerprint density at radius 1 is 0.889 bits per heavy atom. The van der Waals surface area contributed by atoms with E-state index in [9.17, 15) is 4.79 Å². The second kappa shape index (κ2) is 9.00. The number of ether oxygens (including phenoxy) is 1. The summed E-state index contributed by atoms with van der Waals surface area (Å²) in [5, 5.41) is 3.69. The number of benzene rings is 3. The summed E-state index contributed by atoms with van der Waals surface area (Å²) in [5.74, 6) is 0.321. The van der Waals surface area contributed by atoms with Crippen molar-refractivity contribution in [1.82, 2.24) is 0 Å². The number of halogens is 1. The maximum absolute atomic E-state index is 12.1. The van der Waals surface area contributed by atoms with Crippen LogP contribution in [0.3, 0.4) is 0 Å². The van der Waals surface area contributed by atoms with Gasteiger partial charge in [-0.3, -0.25) is 0 Å². The Kier molecular flexibility index (Phi) is 6.22. The smallest absolute Gasteiger partial charge is 0.365 e. The molecule has 0 unspecified atom stereocenters. The monoisotopic (exact) mass is 424 g/mol. The van der Waals surface area contributed by atoms with Crippen LogP contribution < -0.4 is 10.5 Å². The fourth-order valence-corrected chi connectivity index (χ4v) is 2.66. The molecule has 3 rings (SSSR count). The summed E-state index contributed by atoms with van der Waals surface area (Å²) < 4.78 is 6.64. The predicted molar refractivity (Wildman–Crippen MR) is 107 cm³/mol. The van der Waals surface area contributed by atoms with Gasteiger partial charge in [-0.05, 0) is 45.8 Å². The molecule has 6 heteroatoms. The Morgan fingerprint density at radius 3 is 2.26 bits per heavy atom. The first kappa shape index (κ1) is 18.7. The molecule has 0 spiro atoms. The van der Waals surface area contributed by atoms with Crippen molar-refractivity contribution in [2.24, 2.45) is 10.9 Å². The lowest BCUT2D eigenvalue weighted by Crippen LogP contribution is -2.15. The highest BCUT2D eigenvalue weighted by molar-refractivity contribution is 9.10. The number of hydrogen-bond donors (Lipinski definition) is 1. The number of hydrogen-bond acceptors (Lipinski definition) is 4. The second-order valence-electron chi connectivity index (χ2n) is 5.64. The average Bonchev–Trinajstić information content (AvgIpc) is 2.72. The highest BCUT2D eigenvalue weighted by Crippen LogP contribution is 2.24. The molecule has 27 heavy (non-hydrogen) atoms. The van der Waals surface area contributed by atoms with Crippen LogP contribution in [0.1, 0.15) is 21.5 Å². The molecule has 0 amide bonds. The molecule has 136 valence electrons. The van der Waals surface area contributed by atoms with Crippen LogP contribution in [0.25, 0.3) is 0 Å². The molecular weight excluding hydrogens is 408 g/mol.